The lowest BCUT2D eigenvalue weighted by molar-refractivity contribution is -0.123. The van der Waals surface area contributed by atoms with Crippen molar-refractivity contribution in [1.82, 2.24) is 10.4 Å². The van der Waals surface area contributed by atoms with Crippen LogP contribution in [0.1, 0.15) is 0 Å². The zero-order valence-electron chi connectivity index (χ0n) is 4.87. The molecule has 1 aliphatic heterocycles. The van der Waals surface area contributed by atoms with Gasteiger partial charge in [-0.25, -0.2) is 9.86 Å². The van der Waals surface area contributed by atoms with Crippen LogP contribution in [0, 0.1) is 0 Å². The Kier molecular flexibility index (Phi) is 1.53. The van der Waals surface area contributed by atoms with Gasteiger partial charge < -0.3 is 5.32 Å². The Bertz CT molecular complexity index is 239. The summed E-state index contributed by atoms with van der Waals surface area (Å²) in [6.45, 7) is 0. The highest BCUT2D eigenvalue weighted by atomic mass is 16.5. The van der Waals surface area contributed by atoms with Gasteiger partial charge in [0.1, 0.15) is 0 Å². The maximum atomic E-state index is 10.6. The Morgan fingerprint density at radius 3 is 2.80 bits per heavy atom. The topological polar surface area (TPSA) is 69.6 Å². The number of carbonyl (C=O) groups excluding carboxylic acids is 2. The fraction of sp³-hybridized carbons (Fsp3) is 0. The lowest BCUT2D eigenvalue weighted by Crippen LogP contribution is -2.32. The average Bonchev–Trinajstić information content (AvgIpc) is 1.88. The Labute approximate surface area is 56.2 Å². The first-order chi connectivity index (χ1) is 4.75. The number of amides is 1. The second-order valence-corrected chi connectivity index (χ2v) is 1.58. The lowest BCUT2D eigenvalue weighted by atomic mass is 10.4. The second kappa shape index (κ2) is 2.34. The molecule has 1 rings (SSSR count). The molecule has 5 nitrogen and oxygen atoms in total. The smallest absolute Gasteiger partial charge is 0.285 e. The van der Waals surface area contributed by atoms with Crippen LogP contribution in [-0.4, -0.2) is 22.1 Å². The second-order valence-electron chi connectivity index (χ2n) is 1.58. The standard InChI is InChI=1S/C5H4N2O3/c8-3-4-5(9)6-1-2-7(4)10/h1-2,10H,(H,6,9). The molecule has 5 heteroatoms. The van der Waals surface area contributed by atoms with Crippen molar-refractivity contribution in [2.24, 2.45) is 0 Å². The fourth-order valence-corrected chi connectivity index (χ4v) is 0.524. The molecule has 10 heavy (non-hydrogen) atoms. The lowest BCUT2D eigenvalue weighted by Gasteiger charge is -2.14. The number of hydroxylamine groups is 2. The molecule has 0 aromatic rings. The van der Waals surface area contributed by atoms with Crippen LogP contribution in [-0.2, 0) is 9.59 Å². The normalized spacial score (nSPS) is 16.7. The molecule has 1 amide bonds. The number of nitrogens with zero attached hydrogens (tertiary/aromatic N) is 1. The summed E-state index contributed by atoms with van der Waals surface area (Å²) in [5.74, 6) is 0.616. The van der Waals surface area contributed by atoms with E-state index in [2.05, 4.69) is 5.32 Å². The summed E-state index contributed by atoms with van der Waals surface area (Å²) < 4.78 is 0. The van der Waals surface area contributed by atoms with Crippen LogP contribution in [0.3, 0.4) is 0 Å². The van der Waals surface area contributed by atoms with Crippen LogP contribution in [0.5, 0.6) is 0 Å². The van der Waals surface area contributed by atoms with Gasteiger partial charge in [0.25, 0.3) is 5.91 Å². The number of rotatable bonds is 0. The van der Waals surface area contributed by atoms with Gasteiger partial charge in [-0.1, -0.05) is 0 Å². The van der Waals surface area contributed by atoms with E-state index in [1.165, 1.54) is 12.1 Å². The maximum Gasteiger partial charge on any atom is 0.285 e. The molecule has 0 aliphatic carbocycles. The number of carbonyl (C=O) groups is 1. The zero-order chi connectivity index (χ0) is 7.56. The van der Waals surface area contributed by atoms with E-state index < -0.39 is 11.6 Å². The van der Waals surface area contributed by atoms with E-state index in [9.17, 15) is 9.59 Å². The van der Waals surface area contributed by atoms with Crippen molar-refractivity contribution in [3.63, 3.8) is 0 Å². The molecule has 52 valence electrons. The van der Waals surface area contributed by atoms with Crippen molar-refractivity contribution < 1.29 is 14.8 Å². The minimum Gasteiger partial charge on any atom is -0.325 e. The average molecular weight is 140 g/mol. The van der Waals surface area contributed by atoms with Gasteiger partial charge in [0.05, 0.1) is 6.20 Å². The minimum absolute atomic E-state index is 0.409. The summed E-state index contributed by atoms with van der Waals surface area (Å²) in [4.78, 5) is 20.5. The van der Waals surface area contributed by atoms with Gasteiger partial charge in [-0.2, -0.15) is 0 Å². The number of hydrogen-bond acceptors (Lipinski definition) is 4. The third-order valence-electron chi connectivity index (χ3n) is 0.971. The van der Waals surface area contributed by atoms with Crippen molar-refractivity contribution in [3.8, 4) is 0 Å². The highest BCUT2D eigenvalue weighted by molar-refractivity contribution is 6.01. The van der Waals surface area contributed by atoms with Gasteiger partial charge in [0, 0.05) is 6.20 Å². The summed E-state index contributed by atoms with van der Waals surface area (Å²) in [5, 5.41) is 11.3. The molecule has 1 heterocycles. The summed E-state index contributed by atoms with van der Waals surface area (Å²) in [6.07, 6.45) is 2.34. The molecule has 0 unspecified atom stereocenters. The molecule has 0 spiro atoms. The molecule has 2 N–H and O–H groups in total. The van der Waals surface area contributed by atoms with E-state index in [1.54, 1.807) is 0 Å². The molecular weight excluding hydrogens is 136 g/mol. The third kappa shape index (κ3) is 0.907. The highest BCUT2D eigenvalue weighted by Gasteiger charge is 2.17. The molecule has 1 aliphatic rings. The summed E-state index contributed by atoms with van der Waals surface area (Å²) in [5.41, 5.74) is -0.442. The van der Waals surface area contributed by atoms with Crippen LogP contribution >= 0.6 is 0 Å². The van der Waals surface area contributed by atoms with E-state index in [0.29, 0.717) is 5.06 Å². The first-order valence-electron chi connectivity index (χ1n) is 2.46. The zero-order valence-corrected chi connectivity index (χ0v) is 4.87. The predicted molar refractivity (Wildman–Crippen MR) is 30.1 cm³/mol. The molecule has 0 fully saturated rings. The molecular formula is C5H4N2O3. The maximum absolute atomic E-state index is 10.6. The van der Waals surface area contributed by atoms with E-state index in [0.717, 1.165) is 6.20 Å². The van der Waals surface area contributed by atoms with Crippen molar-refractivity contribution in [3.05, 3.63) is 18.1 Å². The van der Waals surface area contributed by atoms with Gasteiger partial charge in [-0.05, 0) is 0 Å². The summed E-state index contributed by atoms with van der Waals surface area (Å²) >= 11 is 0. The van der Waals surface area contributed by atoms with Crippen LogP contribution in [0.2, 0.25) is 0 Å². The molecule has 0 radical (unpaired) electrons. The third-order valence-corrected chi connectivity index (χ3v) is 0.971. The van der Waals surface area contributed by atoms with Crippen LogP contribution in [0.15, 0.2) is 18.1 Å². The van der Waals surface area contributed by atoms with E-state index in [-0.39, 0.29) is 0 Å². The highest BCUT2D eigenvalue weighted by Crippen LogP contribution is 2.00. The first kappa shape index (κ1) is 6.54. The van der Waals surface area contributed by atoms with Crippen molar-refractivity contribution >= 4 is 11.8 Å². The Balaban J connectivity index is 3.00. The Morgan fingerprint density at radius 2 is 2.40 bits per heavy atom. The minimum atomic E-state index is -0.667. The molecule has 0 aromatic heterocycles. The van der Waals surface area contributed by atoms with E-state index in [4.69, 9.17) is 5.21 Å². The quantitative estimate of drug-likeness (QED) is 0.334. The van der Waals surface area contributed by atoms with Gasteiger partial charge in [-0.15, -0.1) is 0 Å². The van der Waals surface area contributed by atoms with Crippen molar-refractivity contribution in [2.75, 3.05) is 0 Å². The molecule has 0 saturated heterocycles. The molecule has 0 bridgehead atoms. The predicted octanol–water partition coefficient (Wildman–Crippen LogP) is -1.01. The monoisotopic (exact) mass is 140 g/mol. The molecule has 0 aromatic carbocycles. The molecule has 0 atom stereocenters. The number of nitrogens with one attached hydrogen (secondary N) is 1. The van der Waals surface area contributed by atoms with Crippen molar-refractivity contribution in [1.29, 1.82) is 0 Å². The number of hydrogen-bond donors (Lipinski definition) is 2. The van der Waals surface area contributed by atoms with Gasteiger partial charge in [0.2, 0.25) is 5.70 Å². The SMILES string of the molecule is O=C=C1C(=O)NC=CN1O. The summed E-state index contributed by atoms with van der Waals surface area (Å²) in [7, 11) is 0. The van der Waals surface area contributed by atoms with Gasteiger partial charge >= 0.3 is 0 Å². The van der Waals surface area contributed by atoms with Crippen LogP contribution < -0.4 is 5.32 Å². The van der Waals surface area contributed by atoms with E-state index in [1.807, 2.05) is 0 Å². The Morgan fingerprint density at radius 1 is 1.70 bits per heavy atom. The van der Waals surface area contributed by atoms with Gasteiger partial charge in [0.15, 0.2) is 5.94 Å². The van der Waals surface area contributed by atoms with Crippen LogP contribution in [0.4, 0.5) is 0 Å². The van der Waals surface area contributed by atoms with Crippen LogP contribution in [0.25, 0.3) is 0 Å². The molecule has 0 saturated carbocycles. The van der Waals surface area contributed by atoms with E-state index >= 15 is 0 Å². The summed E-state index contributed by atoms with van der Waals surface area (Å²) in [6, 6.07) is 0. The van der Waals surface area contributed by atoms with Gasteiger partial charge in [-0.3, -0.25) is 10.0 Å². The first-order valence-corrected chi connectivity index (χ1v) is 2.46. The fourth-order valence-electron chi connectivity index (χ4n) is 0.524. The largest absolute Gasteiger partial charge is 0.325 e. The van der Waals surface area contributed by atoms with Crippen molar-refractivity contribution in [2.45, 2.75) is 0 Å². The Hall–Kier alpha value is -1.58.